The predicted molar refractivity (Wildman–Crippen MR) is 54.8 cm³/mol. The van der Waals surface area contributed by atoms with Crippen LogP contribution in [0.4, 0.5) is 4.39 Å². The molecule has 0 radical (unpaired) electrons. The summed E-state index contributed by atoms with van der Waals surface area (Å²) in [5.41, 5.74) is -1.85. The van der Waals surface area contributed by atoms with Crippen LogP contribution in [0.25, 0.3) is 0 Å². The van der Waals surface area contributed by atoms with E-state index in [2.05, 4.69) is 4.74 Å². The molecule has 5 nitrogen and oxygen atoms in total. The second-order valence-electron chi connectivity index (χ2n) is 4.02. The number of carboxylic acids is 1. The summed E-state index contributed by atoms with van der Waals surface area (Å²) in [4.78, 5) is 11.1. The van der Waals surface area contributed by atoms with Gasteiger partial charge < -0.3 is 20.1 Å². The lowest BCUT2D eigenvalue weighted by Gasteiger charge is -2.16. The second-order valence-corrected chi connectivity index (χ2v) is 4.02. The average Bonchev–Trinajstić information content (AvgIpc) is 3.05. The first kappa shape index (κ1) is 11.5. The Labute approximate surface area is 96.1 Å². The Morgan fingerprint density at radius 1 is 1.47 bits per heavy atom. The van der Waals surface area contributed by atoms with Crippen molar-refractivity contribution in [3.63, 3.8) is 0 Å². The first-order chi connectivity index (χ1) is 7.94. The number of aliphatic carboxylic acids is 1. The van der Waals surface area contributed by atoms with Crippen LogP contribution in [-0.4, -0.2) is 28.4 Å². The molecule has 1 aromatic rings. The smallest absolute Gasteiger partial charge is 0.314 e. The van der Waals surface area contributed by atoms with E-state index in [-0.39, 0.29) is 18.6 Å². The number of carbonyl (C=O) groups is 1. The fourth-order valence-electron chi connectivity index (χ4n) is 1.89. The van der Waals surface area contributed by atoms with Gasteiger partial charge in [0.05, 0.1) is 18.1 Å². The maximum absolute atomic E-state index is 14.0. The SMILES string of the molecule is COc1cc(O)c(O)c(C2(C(=O)O)CC2)c1F. The molecule has 2 rings (SSSR count). The van der Waals surface area contributed by atoms with Gasteiger partial charge >= 0.3 is 5.97 Å². The van der Waals surface area contributed by atoms with Crippen molar-refractivity contribution in [3.8, 4) is 17.2 Å². The summed E-state index contributed by atoms with van der Waals surface area (Å²) in [6.45, 7) is 0. The van der Waals surface area contributed by atoms with Crippen LogP contribution >= 0.6 is 0 Å². The predicted octanol–water partition coefficient (Wildman–Crippen LogP) is 1.36. The number of phenolic OH excluding ortho intramolecular Hbond substituents is 2. The lowest BCUT2D eigenvalue weighted by atomic mass is 9.93. The van der Waals surface area contributed by atoms with Crippen molar-refractivity contribution in [2.45, 2.75) is 18.3 Å². The summed E-state index contributed by atoms with van der Waals surface area (Å²) in [5.74, 6) is -3.78. The molecule has 3 N–H and O–H groups in total. The molecule has 0 aromatic heterocycles. The number of benzene rings is 1. The molecule has 0 bridgehead atoms. The van der Waals surface area contributed by atoms with Crippen molar-refractivity contribution in [3.05, 3.63) is 17.4 Å². The number of halogens is 1. The van der Waals surface area contributed by atoms with E-state index in [1.165, 1.54) is 7.11 Å². The van der Waals surface area contributed by atoms with Crippen molar-refractivity contribution >= 4 is 5.97 Å². The molecule has 0 spiro atoms. The Morgan fingerprint density at radius 2 is 2.06 bits per heavy atom. The quantitative estimate of drug-likeness (QED) is 0.696. The van der Waals surface area contributed by atoms with Crippen LogP contribution < -0.4 is 4.74 Å². The van der Waals surface area contributed by atoms with Gasteiger partial charge in [-0.05, 0) is 12.8 Å². The van der Waals surface area contributed by atoms with Gasteiger partial charge in [0.2, 0.25) is 0 Å². The molecule has 1 aromatic carbocycles. The molecule has 1 fully saturated rings. The first-order valence-corrected chi connectivity index (χ1v) is 4.96. The van der Waals surface area contributed by atoms with E-state index in [0.717, 1.165) is 6.07 Å². The molecule has 0 heterocycles. The molecule has 0 saturated heterocycles. The number of hydrogen-bond donors (Lipinski definition) is 3. The number of ether oxygens (including phenoxy) is 1. The van der Waals surface area contributed by atoms with E-state index >= 15 is 0 Å². The molecule has 1 aliphatic rings. The molecular formula is C11H11FO5. The molecule has 92 valence electrons. The summed E-state index contributed by atoms with van der Waals surface area (Å²) >= 11 is 0. The normalized spacial score (nSPS) is 16.6. The number of hydrogen-bond acceptors (Lipinski definition) is 4. The first-order valence-electron chi connectivity index (χ1n) is 4.96. The standard InChI is InChI=1S/C11H11FO5/c1-17-6-4-5(13)9(14)7(8(6)12)11(2-3-11)10(15)16/h4,13-14H,2-3H2,1H3,(H,15,16). The third-order valence-electron chi connectivity index (χ3n) is 3.04. The molecule has 6 heteroatoms. The minimum atomic E-state index is -1.44. The summed E-state index contributed by atoms with van der Waals surface area (Å²) in [6, 6.07) is 0.909. The van der Waals surface area contributed by atoms with E-state index in [4.69, 9.17) is 5.11 Å². The molecule has 0 amide bonds. The summed E-state index contributed by atoms with van der Waals surface area (Å²) in [5, 5.41) is 28.1. The Morgan fingerprint density at radius 3 is 2.47 bits per heavy atom. The van der Waals surface area contributed by atoms with E-state index in [1.54, 1.807) is 0 Å². The lowest BCUT2D eigenvalue weighted by molar-refractivity contribution is -0.140. The number of carboxylic acid groups (broad SMARTS) is 1. The Hall–Kier alpha value is -1.98. The van der Waals surface area contributed by atoms with Crippen LogP contribution in [0.5, 0.6) is 17.2 Å². The van der Waals surface area contributed by atoms with Crippen LogP contribution in [0, 0.1) is 5.82 Å². The highest BCUT2D eigenvalue weighted by atomic mass is 19.1. The minimum absolute atomic E-state index is 0.222. The third-order valence-corrected chi connectivity index (χ3v) is 3.04. The Bertz CT molecular complexity index is 493. The minimum Gasteiger partial charge on any atom is -0.504 e. The number of aromatic hydroxyl groups is 2. The van der Waals surface area contributed by atoms with E-state index in [1.807, 2.05) is 0 Å². The highest BCUT2D eigenvalue weighted by molar-refractivity contribution is 5.86. The van der Waals surface area contributed by atoms with Crippen LogP contribution in [0.3, 0.4) is 0 Å². The zero-order valence-electron chi connectivity index (χ0n) is 9.03. The van der Waals surface area contributed by atoms with Crippen molar-refractivity contribution < 1.29 is 29.2 Å². The Balaban J connectivity index is 2.69. The highest BCUT2D eigenvalue weighted by Gasteiger charge is 2.55. The highest BCUT2D eigenvalue weighted by Crippen LogP contribution is 2.55. The van der Waals surface area contributed by atoms with E-state index < -0.39 is 34.3 Å². The van der Waals surface area contributed by atoms with Crippen molar-refractivity contribution in [2.75, 3.05) is 7.11 Å². The van der Waals surface area contributed by atoms with Crippen molar-refractivity contribution in [2.24, 2.45) is 0 Å². The molecule has 1 aliphatic carbocycles. The zero-order chi connectivity index (χ0) is 12.8. The van der Waals surface area contributed by atoms with Crippen LogP contribution in [0.2, 0.25) is 0 Å². The maximum Gasteiger partial charge on any atom is 0.314 e. The lowest BCUT2D eigenvalue weighted by Crippen LogP contribution is -2.21. The molecule has 1 saturated carbocycles. The monoisotopic (exact) mass is 242 g/mol. The maximum atomic E-state index is 14.0. The van der Waals surface area contributed by atoms with Gasteiger partial charge in [0.1, 0.15) is 0 Å². The van der Waals surface area contributed by atoms with Gasteiger partial charge in [-0.1, -0.05) is 0 Å². The number of phenols is 2. The molecule has 17 heavy (non-hydrogen) atoms. The molecule has 0 atom stereocenters. The Kier molecular flexibility index (Phi) is 2.38. The zero-order valence-corrected chi connectivity index (χ0v) is 9.03. The molecule has 0 unspecified atom stereocenters. The van der Waals surface area contributed by atoms with Crippen molar-refractivity contribution in [1.82, 2.24) is 0 Å². The van der Waals surface area contributed by atoms with Crippen LogP contribution in [-0.2, 0) is 10.2 Å². The van der Waals surface area contributed by atoms with Gasteiger partial charge in [-0.15, -0.1) is 0 Å². The molecular weight excluding hydrogens is 231 g/mol. The van der Waals surface area contributed by atoms with Gasteiger partial charge in [-0.2, -0.15) is 0 Å². The van der Waals surface area contributed by atoms with Crippen LogP contribution in [0.1, 0.15) is 18.4 Å². The topological polar surface area (TPSA) is 87.0 Å². The van der Waals surface area contributed by atoms with Gasteiger partial charge in [0, 0.05) is 6.07 Å². The molecule has 0 aliphatic heterocycles. The number of methoxy groups -OCH3 is 1. The average molecular weight is 242 g/mol. The third kappa shape index (κ3) is 1.48. The second kappa shape index (κ2) is 3.51. The van der Waals surface area contributed by atoms with Crippen molar-refractivity contribution in [1.29, 1.82) is 0 Å². The van der Waals surface area contributed by atoms with Gasteiger partial charge in [0.15, 0.2) is 23.1 Å². The van der Waals surface area contributed by atoms with Crippen LogP contribution in [0.15, 0.2) is 6.07 Å². The van der Waals surface area contributed by atoms with E-state index in [9.17, 15) is 19.4 Å². The van der Waals surface area contributed by atoms with Gasteiger partial charge in [-0.25, -0.2) is 4.39 Å². The fraction of sp³-hybridized carbons (Fsp3) is 0.364. The van der Waals surface area contributed by atoms with E-state index in [0.29, 0.717) is 0 Å². The summed E-state index contributed by atoms with van der Waals surface area (Å²) in [6.07, 6.45) is 0.443. The summed E-state index contributed by atoms with van der Waals surface area (Å²) < 4.78 is 18.6. The fourth-order valence-corrected chi connectivity index (χ4v) is 1.89. The summed E-state index contributed by atoms with van der Waals surface area (Å²) in [7, 11) is 1.19. The van der Waals surface area contributed by atoms with Gasteiger partial charge in [-0.3, -0.25) is 4.79 Å². The van der Waals surface area contributed by atoms with Gasteiger partial charge in [0.25, 0.3) is 0 Å². The largest absolute Gasteiger partial charge is 0.504 e. The number of rotatable bonds is 3.